The Balaban J connectivity index is 1.01. The largest absolute Gasteiger partial charge is 0.310 e. The summed E-state index contributed by atoms with van der Waals surface area (Å²) in [6.07, 6.45) is 0. The van der Waals surface area contributed by atoms with Crippen molar-refractivity contribution in [1.82, 2.24) is 4.57 Å². The molecule has 61 heavy (non-hydrogen) atoms. The number of anilines is 3. The topological polar surface area (TPSA) is 8.17 Å². The summed E-state index contributed by atoms with van der Waals surface area (Å²) in [5, 5.41) is 5.01. The van der Waals surface area contributed by atoms with Crippen molar-refractivity contribution in [3.8, 4) is 27.9 Å². The Kier molecular flexibility index (Phi) is 8.11. The van der Waals surface area contributed by atoms with Crippen LogP contribution in [0.4, 0.5) is 17.1 Å². The third-order valence-corrected chi connectivity index (χ3v) is 12.8. The molecule has 0 fully saturated rings. The van der Waals surface area contributed by atoms with E-state index in [9.17, 15) is 0 Å². The van der Waals surface area contributed by atoms with E-state index in [1.54, 1.807) is 0 Å². The second-order valence-corrected chi connectivity index (χ2v) is 16.1. The zero-order valence-electron chi connectivity index (χ0n) is 33.5. The molecule has 11 aromatic rings. The molecule has 1 aromatic heterocycles. The number of fused-ring (bicyclic) bond motifs is 8. The number of hydrogen-bond acceptors (Lipinski definition) is 1. The predicted octanol–water partition coefficient (Wildman–Crippen LogP) is 15.4. The number of para-hydroxylation sites is 3. The van der Waals surface area contributed by atoms with E-state index in [4.69, 9.17) is 0 Å². The lowest BCUT2D eigenvalue weighted by atomic mass is 9.67. The van der Waals surface area contributed by atoms with Crippen LogP contribution in [0.1, 0.15) is 22.3 Å². The molecule has 0 radical (unpaired) electrons. The van der Waals surface area contributed by atoms with Gasteiger partial charge in [0, 0.05) is 33.5 Å². The van der Waals surface area contributed by atoms with E-state index in [0.717, 1.165) is 22.7 Å². The minimum Gasteiger partial charge on any atom is -0.310 e. The van der Waals surface area contributed by atoms with Crippen LogP contribution in [0.15, 0.2) is 243 Å². The first kappa shape index (κ1) is 35.0. The van der Waals surface area contributed by atoms with Crippen LogP contribution in [-0.4, -0.2) is 4.57 Å². The minimum absolute atomic E-state index is 0.487. The van der Waals surface area contributed by atoms with Gasteiger partial charge in [-0.05, 0) is 122 Å². The number of nitrogens with zero attached hydrogens (tertiary/aromatic N) is 2. The first-order chi connectivity index (χ1) is 30.3. The van der Waals surface area contributed by atoms with Crippen LogP contribution in [0.3, 0.4) is 0 Å². The van der Waals surface area contributed by atoms with Crippen LogP contribution < -0.4 is 4.90 Å². The number of rotatable bonds is 7. The van der Waals surface area contributed by atoms with Crippen LogP contribution in [0, 0.1) is 0 Å². The quantitative estimate of drug-likeness (QED) is 0.156. The summed E-state index contributed by atoms with van der Waals surface area (Å²) in [5.74, 6) is 0. The fraction of sp³-hybridized carbons (Fsp3) is 0.0169. The molecule has 0 atom stereocenters. The molecule has 0 saturated carbocycles. The maximum absolute atomic E-state index is 2.46. The Labute approximate surface area is 355 Å². The summed E-state index contributed by atoms with van der Waals surface area (Å²) in [7, 11) is 0. The van der Waals surface area contributed by atoms with Gasteiger partial charge in [0.1, 0.15) is 0 Å². The third-order valence-electron chi connectivity index (χ3n) is 12.8. The molecule has 0 spiro atoms. The van der Waals surface area contributed by atoms with Gasteiger partial charge < -0.3 is 9.47 Å². The Bertz CT molecular complexity index is 3350. The van der Waals surface area contributed by atoms with Gasteiger partial charge in [0.2, 0.25) is 0 Å². The van der Waals surface area contributed by atoms with Gasteiger partial charge >= 0.3 is 0 Å². The van der Waals surface area contributed by atoms with E-state index in [-0.39, 0.29) is 0 Å². The van der Waals surface area contributed by atoms with E-state index in [1.807, 2.05) is 0 Å². The lowest BCUT2D eigenvalue weighted by molar-refractivity contribution is 0.769. The standard InChI is InChI=1S/C59H40N2/c1-5-18-44(19-6-1)59(45-20-7-2-8-21-45)54-37-32-42-17-13-14-26-50(42)58(54)52-36-31-43(39-55(52)59)41-29-33-48(34-30-41)60(46-22-9-3-10-23-46)49-35-38-57-53(40-49)51-27-15-16-28-56(51)61(57)47-24-11-4-12-25-47/h1-40H. The highest BCUT2D eigenvalue weighted by Gasteiger charge is 2.46. The smallest absolute Gasteiger partial charge is 0.0714 e. The van der Waals surface area contributed by atoms with Crippen molar-refractivity contribution < 1.29 is 0 Å². The fourth-order valence-corrected chi connectivity index (χ4v) is 10.2. The Morgan fingerprint density at radius 3 is 1.62 bits per heavy atom. The molecular formula is C59H40N2. The summed E-state index contributed by atoms with van der Waals surface area (Å²) in [6.45, 7) is 0. The monoisotopic (exact) mass is 776 g/mol. The van der Waals surface area contributed by atoms with E-state index in [1.165, 1.54) is 77.1 Å². The summed E-state index contributed by atoms with van der Waals surface area (Å²) in [6, 6.07) is 89.0. The Morgan fingerprint density at radius 2 is 0.902 bits per heavy atom. The predicted molar refractivity (Wildman–Crippen MR) is 256 cm³/mol. The summed E-state index contributed by atoms with van der Waals surface area (Å²) >= 11 is 0. The van der Waals surface area contributed by atoms with Crippen LogP contribution >= 0.6 is 0 Å². The van der Waals surface area contributed by atoms with Crippen LogP contribution in [0.25, 0.3) is 60.5 Å². The van der Waals surface area contributed by atoms with Gasteiger partial charge in [-0.1, -0.05) is 176 Å². The van der Waals surface area contributed by atoms with Gasteiger partial charge in [0.25, 0.3) is 0 Å². The molecule has 2 nitrogen and oxygen atoms in total. The first-order valence-electron chi connectivity index (χ1n) is 21.1. The molecule has 1 aliphatic rings. The summed E-state index contributed by atoms with van der Waals surface area (Å²) in [5.41, 5.74) is 16.5. The average Bonchev–Trinajstić information content (AvgIpc) is 3.83. The molecule has 10 aromatic carbocycles. The van der Waals surface area contributed by atoms with Crippen molar-refractivity contribution in [2.45, 2.75) is 5.41 Å². The van der Waals surface area contributed by atoms with E-state index < -0.39 is 5.41 Å². The van der Waals surface area contributed by atoms with Crippen molar-refractivity contribution in [3.05, 3.63) is 265 Å². The number of benzene rings is 10. The van der Waals surface area contributed by atoms with E-state index >= 15 is 0 Å². The SMILES string of the molecule is c1ccc(N(c2ccc(-c3ccc4c(c3)C(c3ccccc3)(c3ccccc3)c3ccc5ccccc5c3-4)cc2)c2ccc3c(c2)c2ccccc2n3-c2ccccc2)cc1. The Hall–Kier alpha value is -7.94. The van der Waals surface area contributed by atoms with Gasteiger partial charge in [-0.25, -0.2) is 0 Å². The van der Waals surface area contributed by atoms with Crippen molar-refractivity contribution >= 4 is 49.6 Å². The first-order valence-corrected chi connectivity index (χ1v) is 21.1. The molecule has 1 aliphatic carbocycles. The maximum atomic E-state index is 2.46. The molecule has 0 bridgehead atoms. The molecule has 0 N–H and O–H groups in total. The van der Waals surface area contributed by atoms with Gasteiger partial charge in [-0.3, -0.25) is 0 Å². The van der Waals surface area contributed by atoms with Gasteiger partial charge in [0.15, 0.2) is 0 Å². The average molecular weight is 777 g/mol. The third kappa shape index (κ3) is 5.43. The summed E-state index contributed by atoms with van der Waals surface area (Å²) < 4.78 is 2.37. The molecule has 0 unspecified atom stereocenters. The second kappa shape index (κ2) is 14.1. The summed E-state index contributed by atoms with van der Waals surface area (Å²) in [4.78, 5) is 2.37. The molecule has 0 aliphatic heterocycles. The molecule has 0 amide bonds. The van der Waals surface area contributed by atoms with Crippen molar-refractivity contribution in [1.29, 1.82) is 0 Å². The van der Waals surface area contributed by atoms with Gasteiger partial charge in [0.05, 0.1) is 16.4 Å². The van der Waals surface area contributed by atoms with Gasteiger partial charge in [-0.2, -0.15) is 0 Å². The number of hydrogen-bond donors (Lipinski definition) is 0. The normalized spacial score (nSPS) is 12.7. The molecule has 0 saturated heterocycles. The molecular weight excluding hydrogens is 737 g/mol. The lowest BCUT2D eigenvalue weighted by Gasteiger charge is -2.34. The molecule has 12 rings (SSSR count). The molecule has 286 valence electrons. The maximum Gasteiger partial charge on any atom is 0.0714 e. The van der Waals surface area contributed by atoms with Crippen molar-refractivity contribution in [3.63, 3.8) is 0 Å². The number of aromatic nitrogens is 1. The van der Waals surface area contributed by atoms with Crippen molar-refractivity contribution in [2.24, 2.45) is 0 Å². The highest BCUT2D eigenvalue weighted by Crippen LogP contribution is 2.58. The van der Waals surface area contributed by atoms with E-state index in [0.29, 0.717) is 0 Å². The fourth-order valence-electron chi connectivity index (χ4n) is 10.2. The van der Waals surface area contributed by atoms with E-state index in [2.05, 4.69) is 252 Å². The van der Waals surface area contributed by atoms with Crippen molar-refractivity contribution in [2.75, 3.05) is 4.90 Å². The zero-order valence-corrected chi connectivity index (χ0v) is 33.5. The highest BCUT2D eigenvalue weighted by atomic mass is 15.1. The highest BCUT2D eigenvalue weighted by molar-refractivity contribution is 6.11. The lowest BCUT2D eigenvalue weighted by Crippen LogP contribution is -2.28. The molecule has 1 heterocycles. The second-order valence-electron chi connectivity index (χ2n) is 16.1. The van der Waals surface area contributed by atoms with Crippen LogP contribution in [0.2, 0.25) is 0 Å². The minimum atomic E-state index is -0.487. The molecule has 2 heteroatoms. The van der Waals surface area contributed by atoms with Crippen LogP contribution in [0.5, 0.6) is 0 Å². The van der Waals surface area contributed by atoms with Gasteiger partial charge in [-0.15, -0.1) is 0 Å². The van der Waals surface area contributed by atoms with Crippen LogP contribution in [-0.2, 0) is 5.41 Å². The zero-order chi connectivity index (χ0) is 40.3. The Morgan fingerprint density at radius 1 is 0.344 bits per heavy atom.